The molecule has 0 aromatic rings. The first-order valence-electron chi connectivity index (χ1n) is 4.14. The number of rotatable bonds is 2. The number of alkyl halides is 1. The molecule has 0 aromatic carbocycles. The third-order valence-corrected chi connectivity index (χ3v) is 2.35. The Morgan fingerprint density at radius 1 is 1.60 bits per heavy atom. The Morgan fingerprint density at radius 3 is 3.00 bits per heavy atom. The zero-order valence-electron chi connectivity index (χ0n) is 6.57. The van der Waals surface area contributed by atoms with Crippen molar-refractivity contribution in [3.05, 3.63) is 0 Å². The molecule has 1 saturated heterocycles. The van der Waals surface area contributed by atoms with Crippen LogP contribution >= 0.6 is 0 Å². The molecule has 1 nitrogen and oxygen atoms in total. The molecule has 1 aliphatic rings. The summed E-state index contributed by atoms with van der Waals surface area (Å²) in [7, 11) is 0. The van der Waals surface area contributed by atoms with E-state index < -0.39 is 0 Å². The second kappa shape index (κ2) is 3.91. The van der Waals surface area contributed by atoms with Crippen molar-refractivity contribution in [2.75, 3.05) is 13.2 Å². The molecule has 60 valence electrons. The van der Waals surface area contributed by atoms with Crippen LogP contribution in [-0.4, -0.2) is 19.3 Å². The minimum absolute atomic E-state index is 0.179. The predicted octanol–water partition coefficient (Wildman–Crippen LogP) is 1.73. The molecular formula is C8H16FN. The van der Waals surface area contributed by atoms with Crippen molar-refractivity contribution < 1.29 is 4.39 Å². The van der Waals surface area contributed by atoms with E-state index in [1.807, 2.05) is 0 Å². The molecule has 0 spiro atoms. The molecule has 1 rings (SSSR count). The van der Waals surface area contributed by atoms with Gasteiger partial charge in [0, 0.05) is 6.04 Å². The summed E-state index contributed by atoms with van der Waals surface area (Å²) in [6.07, 6.45) is 3.21. The fraction of sp³-hybridized carbons (Fsp3) is 1.00. The number of piperidine rings is 1. The van der Waals surface area contributed by atoms with Crippen LogP contribution in [0.1, 0.15) is 26.2 Å². The van der Waals surface area contributed by atoms with Gasteiger partial charge in [-0.3, -0.25) is 4.39 Å². The molecule has 0 saturated carbocycles. The first kappa shape index (κ1) is 7.99. The monoisotopic (exact) mass is 145 g/mol. The SMILES string of the molecule is CC1CCCNC1CCF. The van der Waals surface area contributed by atoms with E-state index in [0.29, 0.717) is 18.4 Å². The van der Waals surface area contributed by atoms with Crippen LogP contribution in [0.15, 0.2) is 0 Å². The standard InChI is InChI=1S/C8H16FN/c1-7-3-2-6-10-8(7)4-5-9/h7-8,10H,2-6H2,1H3. The molecule has 10 heavy (non-hydrogen) atoms. The van der Waals surface area contributed by atoms with Crippen LogP contribution < -0.4 is 5.32 Å². The molecule has 1 aliphatic heterocycles. The Morgan fingerprint density at radius 2 is 2.40 bits per heavy atom. The van der Waals surface area contributed by atoms with Crippen LogP contribution in [0.2, 0.25) is 0 Å². The maximum Gasteiger partial charge on any atom is 0.0909 e. The van der Waals surface area contributed by atoms with E-state index in [0.717, 1.165) is 6.54 Å². The summed E-state index contributed by atoms with van der Waals surface area (Å²) >= 11 is 0. The van der Waals surface area contributed by atoms with Crippen LogP contribution in [0.25, 0.3) is 0 Å². The lowest BCUT2D eigenvalue weighted by Gasteiger charge is -2.29. The van der Waals surface area contributed by atoms with E-state index in [1.54, 1.807) is 0 Å². The van der Waals surface area contributed by atoms with E-state index in [2.05, 4.69) is 12.2 Å². The highest BCUT2D eigenvalue weighted by atomic mass is 19.1. The van der Waals surface area contributed by atoms with Crippen molar-refractivity contribution in [2.24, 2.45) is 5.92 Å². The topological polar surface area (TPSA) is 12.0 Å². The zero-order chi connectivity index (χ0) is 7.40. The molecule has 2 heteroatoms. The van der Waals surface area contributed by atoms with Crippen LogP contribution in [0.5, 0.6) is 0 Å². The van der Waals surface area contributed by atoms with Gasteiger partial charge in [0.05, 0.1) is 6.67 Å². The summed E-state index contributed by atoms with van der Waals surface area (Å²) in [5, 5.41) is 3.33. The predicted molar refractivity (Wildman–Crippen MR) is 40.8 cm³/mol. The van der Waals surface area contributed by atoms with Gasteiger partial charge in [0.25, 0.3) is 0 Å². The highest BCUT2D eigenvalue weighted by Crippen LogP contribution is 2.17. The van der Waals surface area contributed by atoms with Crippen molar-refractivity contribution in [3.63, 3.8) is 0 Å². The molecule has 2 atom stereocenters. The lowest BCUT2D eigenvalue weighted by molar-refractivity contribution is 0.266. The molecule has 0 radical (unpaired) electrons. The Kier molecular flexibility index (Phi) is 3.13. The van der Waals surface area contributed by atoms with Crippen LogP contribution in [0.3, 0.4) is 0 Å². The highest BCUT2D eigenvalue weighted by Gasteiger charge is 2.19. The van der Waals surface area contributed by atoms with Gasteiger partial charge < -0.3 is 5.32 Å². The van der Waals surface area contributed by atoms with Crippen LogP contribution in [0, 0.1) is 5.92 Å². The first-order chi connectivity index (χ1) is 4.84. The molecule has 1 fully saturated rings. The maximum atomic E-state index is 11.9. The Hall–Kier alpha value is -0.110. The van der Waals surface area contributed by atoms with Crippen molar-refractivity contribution in [1.82, 2.24) is 5.32 Å². The number of hydrogen-bond acceptors (Lipinski definition) is 1. The zero-order valence-corrected chi connectivity index (χ0v) is 6.57. The average molecular weight is 145 g/mol. The Labute approximate surface area is 62.0 Å². The van der Waals surface area contributed by atoms with Crippen molar-refractivity contribution in [2.45, 2.75) is 32.2 Å². The fourth-order valence-electron chi connectivity index (χ4n) is 1.62. The van der Waals surface area contributed by atoms with E-state index in [4.69, 9.17) is 0 Å². The lowest BCUT2D eigenvalue weighted by Crippen LogP contribution is -2.40. The minimum atomic E-state index is -0.179. The second-order valence-electron chi connectivity index (χ2n) is 3.16. The molecule has 0 aliphatic carbocycles. The van der Waals surface area contributed by atoms with E-state index in [1.165, 1.54) is 12.8 Å². The van der Waals surface area contributed by atoms with Gasteiger partial charge >= 0.3 is 0 Å². The average Bonchev–Trinajstić information content (AvgIpc) is 1.94. The molecule has 2 unspecified atom stereocenters. The van der Waals surface area contributed by atoms with E-state index in [-0.39, 0.29) is 6.67 Å². The summed E-state index contributed by atoms with van der Waals surface area (Å²) in [4.78, 5) is 0. The maximum absolute atomic E-state index is 11.9. The van der Waals surface area contributed by atoms with Gasteiger partial charge in [-0.15, -0.1) is 0 Å². The van der Waals surface area contributed by atoms with Gasteiger partial charge in [-0.1, -0.05) is 6.92 Å². The highest BCUT2D eigenvalue weighted by molar-refractivity contribution is 4.77. The summed E-state index contributed by atoms with van der Waals surface area (Å²) in [6, 6.07) is 0.443. The van der Waals surface area contributed by atoms with Crippen molar-refractivity contribution in [3.8, 4) is 0 Å². The van der Waals surface area contributed by atoms with Gasteiger partial charge in [0.1, 0.15) is 0 Å². The van der Waals surface area contributed by atoms with Gasteiger partial charge in [-0.05, 0) is 31.7 Å². The number of nitrogens with one attached hydrogen (secondary N) is 1. The van der Waals surface area contributed by atoms with Crippen molar-refractivity contribution in [1.29, 1.82) is 0 Å². The molecule has 0 bridgehead atoms. The summed E-state index contributed by atoms with van der Waals surface area (Å²) in [5.74, 6) is 0.671. The molecule has 0 amide bonds. The number of hydrogen-bond donors (Lipinski definition) is 1. The smallest absolute Gasteiger partial charge is 0.0909 e. The van der Waals surface area contributed by atoms with Gasteiger partial charge in [-0.2, -0.15) is 0 Å². The van der Waals surface area contributed by atoms with Crippen LogP contribution in [0.4, 0.5) is 4.39 Å². The third kappa shape index (κ3) is 1.94. The normalized spacial score (nSPS) is 34.2. The lowest BCUT2D eigenvalue weighted by atomic mass is 9.91. The Bertz CT molecular complexity index is 93.3. The van der Waals surface area contributed by atoms with Crippen molar-refractivity contribution >= 4 is 0 Å². The molecular weight excluding hydrogens is 129 g/mol. The minimum Gasteiger partial charge on any atom is -0.314 e. The summed E-state index contributed by atoms with van der Waals surface area (Å²) in [5.41, 5.74) is 0. The van der Waals surface area contributed by atoms with Gasteiger partial charge in [0.15, 0.2) is 0 Å². The summed E-state index contributed by atoms with van der Waals surface area (Å²) < 4.78 is 11.9. The molecule has 1 N–H and O–H groups in total. The molecule has 0 aromatic heterocycles. The van der Waals surface area contributed by atoms with Crippen LogP contribution in [-0.2, 0) is 0 Å². The third-order valence-electron chi connectivity index (χ3n) is 2.35. The fourth-order valence-corrected chi connectivity index (χ4v) is 1.62. The Balaban J connectivity index is 2.25. The van der Waals surface area contributed by atoms with Gasteiger partial charge in [0.2, 0.25) is 0 Å². The van der Waals surface area contributed by atoms with Gasteiger partial charge in [-0.25, -0.2) is 0 Å². The van der Waals surface area contributed by atoms with E-state index in [9.17, 15) is 4.39 Å². The van der Waals surface area contributed by atoms with E-state index >= 15 is 0 Å². The second-order valence-corrected chi connectivity index (χ2v) is 3.16. The number of halogens is 1. The largest absolute Gasteiger partial charge is 0.314 e. The molecule has 1 heterocycles. The quantitative estimate of drug-likeness (QED) is 0.624. The summed E-state index contributed by atoms with van der Waals surface area (Å²) in [6.45, 7) is 3.10. The first-order valence-corrected chi connectivity index (χ1v) is 4.14.